The predicted octanol–water partition coefficient (Wildman–Crippen LogP) is 5.61. The molecule has 204 valence electrons. The molecule has 7 nitrogen and oxygen atoms in total. The summed E-state index contributed by atoms with van der Waals surface area (Å²) in [6, 6.07) is 13.3. The molecule has 2 bridgehead atoms. The zero-order chi connectivity index (χ0) is 27.5. The first-order valence-electron chi connectivity index (χ1n) is 13.3. The van der Waals surface area contributed by atoms with Gasteiger partial charge >= 0.3 is 6.01 Å². The van der Waals surface area contributed by atoms with Crippen LogP contribution in [0.5, 0.6) is 11.8 Å². The molecule has 3 heterocycles. The number of hydrogen-bond donors (Lipinski definition) is 2. The zero-order valence-electron chi connectivity index (χ0n) is 22.6. The van der Waals surface area contributed by atoms with Gasteiger partial charge in [0.2, 0.25) is 0 Å². The van der Waals surface area contributed by atoms with Gasteiger partial charge < -0.3 is 25.0 Å². The number of aromatic hydroxyl groups is 1. The van der Waals surface area contributed by atoms with Crippen LogP contribution in [0.1, 0.15) is 26.7 Å². The molecule has 3 aromatic carbocycles. The van der Waals surface area contributed by atoms with Gasteiger partial charge in [0.15, 0.2) is 5.82 Å². The van der Waals surface area contributed by atoms with Crippen molar-refractivity contribution in [2.45, 2.75) is 44.3 Å². The van der Waals surface area contributed by atoms with Crippen molar-refractivity contribution in [3.8, 4) is 22.9 Å². The second-order valence-corrected chi connectivity index (χ2v) is 11.9. The highest BCUT2D eigenvalue weighted by molar-refractivity contribution is 6.35. The molecule has 2 atom stereocenters. The van der Waals surface area contributed by atoms with E-state index in [1.54, 1.807) is 18.2 Å². The van der Waals surface area contributed by atoms with Crippen molar-refractivity contribution in [1.29, 1.82) is 0 Å². The van der Waals surface area contributed by atoms with Crippen molar-refractivity contribution in [2.75, 3.05) is 38.7 Å². The third-order valence-electron chi connectivity index (χ3n) is 8.24. The van der Waals surface area contributed by atoms with Crippen LogP contribution in [0, 0.1) is 5.82 Å². The lowest BCUT2D eigenvalue weighted by atomic mass is 9.96. The highest BCUT2D eigenvalue weighted by atomic mass is 35.5. The van der Waals surface area contributed by atoms with Crippen LogP contribution in [0.2, 0.25) is 5.02 Å². The van der Waals surface area contributed by atoms with Crippen LogP contribution in [-0.4, -0.2) is 71.4 Å². The molecule has 2 unspecified atom stereocenters. The Morgan fingerprint density at radius 1 is 1.10 bits per heavy atom. The number of phenolic OH excluding ortho intramolecular Hbond substituents is 1. The molecule has 4 aromatic rings. The number of benzene rings is 3. The summed E-state index contributed by atoms with van der Waals surface area (Å²) in [7, 11) is 3.97. The molecule has 2 fully saturated rings. The van der Waals surface area contributed by atoms with E-state index in [0.717, 1.165) is 36.7 Å². The van der Waals surface area contributed by atoms with Gasteiger partial charge in [-0.05, 0) is 75.3 Å². The topological polar surface area (TPSA) is 73.8 Å². The Hall–Kier alpha value is -3.20. The number of ether oxygens (including phenoxy) is 1. The molecule has 6 rings (SSSR count). The highest BCUT2D eigenvalue weighted by Crippen LogP contribution is 2.43. The van der Waals surface area contributed by atoms with E-state index in [9.17, 15) is 5.11 Å². The fourth-order valence-electron chi connectivity index (χ4n) is 5.55. The van der Waals surface area contributed by atoms with Gasteiger partial charge in [-0.25, -0.2) is 4.39 Å². The van der Waals surface area contributed by atoms with Crippen molar-refractivity contribution >= 4 is 39.1 Å². The Morgan fingerprint density at radius 2 is 1.82 bits per heavy atom. The van der Waals surface area contributed by atoms with Crippen LogP contribution in [-0.2, 0) is 0 Å². The molecule has 0 radical (unpaired) electrons. The Bertz CT molecular complexity index is 1560. The lowest BCUT2D eigenvalue weighted by Crippen LogP contribution is -2.51. The van der Waals surface area contributed by atoms with Gasteiger partial charge in [0, 0.05) is 41.7 Å². The number of likely N-dealkylation sites (N-methyl/N-ethyl adjacent to an activating group) is 1. The minimum absolute atomic E-state index is 0.0360. The molecule has 2 N–H and O–H groups in total. The molecule has 0 amide bonds. The number of aromatic nitrogens is 2. The fraction of sp³-hybridized carbons (Fsp3) is 0.400. The summed E-state index contributed by atoms with van der Waals surface area (Å²) < 4.78 is 22.7. The van der Waals surface area contributed by atoms with Gasteiger partial charge in [-0.2, -0.15) is 9.97 Å². The molecule has 9 heteroatoms. The van der Waals surface area contributed by atoms with Gasteiger partial charge in [-0.3, -0.25) is 0 Å². The minimum Gasteiger partial charge on any atom is -0.508 e. The largest absolute Gasteiger partial charge is 0.508 e. The normalized spacial score (nSPS) is 19.4. The Morgan fingerprint density at radius 3 is 2.54 bits per heavy atom. The number of fused-ring (bicyclic) bond motifs is 4. The molecule has 0 aliphatic carbocycles. The first-order valence-corrected chi connectivity index (χ1v) is 13.7. The summed E-state index contributed by atoms with van der Waals surface area (Å²) in [5.41, 5.74) is 0.569. The number of rotatable bonds is 6. The van der Waals surface area contributed by atoms with E-state index in [-0.39, 0.29) is 33.4 Å². The number of nitrogens with zero attached hydrogens (tertiary/aromatic N) is 4. The summed E-state index contributed by atoms with van der Waals surface area (Å²) in [5.74, 6) is 0.102. The second kappa shape index (κ2) is 9.77. The summed E-state index contributed by atoms with van der Waals surface area (Å²) in [6.45, 7) is 5.99. The molecular weight excluding hydrogens is 517 g/mol. The van der Waals surface area contributed by atoms with Crippen LogP contribution in [0.15, 0.2) is 42.5 Å². The maximum absolute atomic E-state index is 16.6. The monoisotopic (exact) mass is 549 g/mol. The van der Waals surface area contributed by atoms with Gasteiger partial charge in [0.25, 0.3) is 0 Å². The van der Waals surface area contributed by atoms with Gasteiger partial charge in [0.1, 0.15) is 23.7 Å². The number of hydrogen-bond acceptors (Lipinski definition) is 7. The number of nitrogens with one attached hydrogen (secondary N) is 1. The molecule has 0 spiro atoms. The number of halogens is 2. The van der Waals surface area contributed by atoms with Crippen LogP contribution in [0.3, 0.4) is 0 Å². The molecule has 2 aliphatic rings. The van der Waals surface area contributed by atoms with E-state index < -0.39 is 5.82 Å². The maximum Gasteiger partial charge on any atom is 0.319 e. The van der Waals surface area contributed by atoms with Crippen molar-refractivity contribution in [3.05, 3.63) is 53.3 Å². The van der Waals surface area contributed by atoms with Crippen molar-refractivity contribution < 1.29 is 14.2 Å². The van der Waals surface area contributed by atoms with Crippen molar-refractivity contribution in [2.24, 2.45) is 0 Å². The van der Waals surface area contributed by atoms with E-state index in [1.165, 1.54) is 0 Å². The van der Waals surface area contributed by atoms with Gasteiger partial charge in [-0.1, -0.05) is 35.9 Å². The molecule has 2 aliphatic heterocycles. The molecule has 39 heavy (non-hydrogen) atoms. The summed E-state index contributed by atoms with van der Waals surface area (Å²) in [4.78, 5) is 13.7. The quantitative estimate of drug-likeness (QED) is 0.324. The van der Waals surface area contributed by atoms with E-state index in [0.29, 0.717) is 35.5 Å². The average Bonchev–Trinajstić information content (AvgIpc) is 3.24. The third kappa shape index (κ3) is 4.75. The number of phenols is 1. The van der Waals surface area contributed by atoms with Crippen LogP contribution in [0.25, 0.3) is 32.8 Å². The summed E-state index contributed by atoms with van der Waals surface area (Å²) in [6.07, 6.45) is 2.21. The Labute approximate surface area is 232 Å². The van der Waals surface area contributed by atoms with Crippen LogP contribution in [0.4, 0.5) is 10.2 Å². The van der Waals surface area contributed by atoms with Crippen LogP contribution < -0.4 is 15.0 Å². The molecule has 0 saturated carbocycles. The fourth-order valence-corrected chi connectivity index (χ4v) is 5.85. The average molecular weight is 550 g/mol. The second-order valence-electron chi connectivity index (χ2n) is 11.5. The number of anilines is 1. The minimum atomic E-state index is -0.563. The van der Waals surface area contributed by atoms with Crippen molar-refractivity contribution in [1.82, 2.24) is 20.2 Å². The Kier molecular flexibility index (Phi) is 6.52. The standard InChI is InChI=1S/C30H33ClFN5O2/c1-30(2,36(3)4)16-39-29-34-27-23(28(35-29)37-14-18-9-10-19(15-37)33-18)13-24(31)25(26(27)32)22-12-20(38)11-17-7-5-6-8-21(17)22/h5-8,11-13,18-19,33,38H,9-10,14-16H2,1-4H3. The number of piperazine rings is 1. The lowest BCUT2D eigenvalue weighted by molar-refractivity contribution is 0.108. The smallest absolute Gasteiger partial charge is 0.319 e. The molecular formula is C30H33ClFN5O2. The molecule has 2 saturated heterocycles. The third-order valence-corrected chi connectivity index (χ3v) is 8.54. The zero-order valence-corrected chi connectivity index (χ0v) is 23.4. The summed E-state index contributed by atoms with van der Waals surface area (Å²) >= 11 is 6.83. The van der Waals surface area contributed by atoms with Crippen molar-refractivity contribution in [3.63, 3.8) is 0 Å². The lowest BCUT2D eigenvalue weighted by Gasteiger charge is -2.35. The Balaban J connectivity index is 1.54. The van der Waals surface area contributed by atoms with Crippen LogP contribution >= 0.6 is 11.6 Å². The van der Waals surface area contributed by atoms with E-state index in [2.05, 4.69) is 33.9 Å². The highest BCUT2D eigenvalue weighted by Gasteiger charge is 2.34. The SMILES string of the molecule is CN(C)C(C)(C)COc1nc(N2CC3CCC(C2)N3)c2cc(Cl)c(-c3cc(O)cc4ccccc34)c(F)c2n1. The van der Waals surface area contributed by atoms with E-state index in [4.69, 9.17) is 21.3 Å². The van der Waals surface area contributed by atoms with Gasteiger partial charge in [-0.15, -0.1) is 0 Å². The first-order chi connectivity index (χ1) is 18.6. The van der Waals surface area contributed by atoms with E-state index in [1.807, 2.05) is 38.4 Å². The van der Waals surface area contributed by atoms with E-state index >= 15 is 4.39 Å². The predicted molar refractivity (Wildman–Crippen MR) is 155 cm³/mol. The first kappa shape index (κ1) is 26.0. The summed E-state index contributed by atoms with van der Waals surface area (Å²) in [5, 5.41) is 16.4. The molecule has 1 aromatic heterocycles. The maximum atomic E-state index is 16.6. The van der Waals surface area contributed by atoms with Gasteiger partial charge in [0.05, 0.1) is 5.02 Å².